The van der Waals surface area contributed by atoms with Crippen LogP contribution < -0.4 is 9.47 Å². The van der Waals surface area contributed by atoms with Crippen molar-refractivity contribution in [3.05, 3.63) is 83.9 Å². The molecule has 196 valence electrons. The van der Waals surface area contributed by atoms with Gasteiger partial charge in [-0.1, -0.05) is 71.1 Å². The number of hydrogen-bond acceptors (Lipinski definition) is 6. The summed E-state index contributed by atoms with van der Waals surface area (Å²) in [7, 11) is 5.81. The zero-order chi connectivity index (χ0) is 29.9. The van der Waals surface area contributed by atoms with Crippen molar-refractivity contribution in [2.45, 2.75) is 19.2 Å². The standard InChI is InChI=1S/C15H16O3.C14H14O3.CH3I/c1-10(15(16)18-3)11-4-5-13-9-14(17-2)7-6-12(13)8-11;1-16-13-6-5-11-7-10(8-14(15)17-2)3-4-12(11)9-13;1-2/h4-10H,1-3H3;3-7,9H,8H2,1-2H3;1H3/i1D3;;. The first-order chi connectivity index (χ1) is 19.1. The van der Waals surface area contributed by atoms with Crippen molar-refractivity contribution < 1.29 is 32.6 Å². The molecule has 0 fully saturated rings. The summed E-state index contributed by atoms with van der Waals surface area (Å²) in [6.07, 6.45) is 0.304. The zero-order valence-electron chi connectivity index (χ0n) is 24.5. The summed E-state index contributed by atoms with van der Waals surface area (Å²) in [6, 6.07) is 22.3. The summed E-state index contributed by atoms with van der Waals surface area (Å²) in [5.41, 5.74) is 1.37. The highest BCUT2D eigenvalue weighted by atomic mass is 127. The molecule has 1 atom stereocenters. The first-order valence-electron chi connectivity index (χ1n) is 12.8. The van der Waals surface area contributed by atoms with Crippen LogP contribution in [0.1, 0.15) is 28.0 Å². The molecule has 0 bridgehead atoms. The maximum atomic E-state index is 11.8. The van der Waals surface area contributed by atoms with Crippen LogP contribution in [0.15, 0.2) is 72.8 Å². The number of rotatable bonds is 6. The molecule has 4 aromatic rings. The van der Waals surface area contributed by atoms with E-state index in [1.165, 1.54) is 14.2 Å². The summed E-state index contributed by atoms with van der Waals surface area (Å²) in [5, 5.41) is 3.93. The van der Waals surface area contributed by atoms with Gasteiger partial charge in [0.25, 0.3) is 0 Å². The van der Waals surface area contributed by atoms with Gasteiger partial charge in [0.05, 0.1) is 40.8 Å². The van der Waals surface area contributed by atoms with E-state index in [0.717, 1.165) is 38.6 Å². The van der Waals surface area contributed by atoms with Gasteiger partial charge in [-0.2, -0.15) is 0 Å². The maximum absolute atomic E-state index is 11.8. The third kappa shape index (κ3) is 8.35. The van der Waals surface area contributed by atoms with Crippen molar-refractivity contribution in [3.63, 3.8) is 0 Å². The molecule has 0 aromatic heterocycles. The molecule has 0 N–H and O–H groups in total. The summed E-state index contributed by atoms with van der Waals surface area (Å²) >= 11 is 2.15. The Kier molecular flexibility index (Phi) is 10.3. The van der Waals surface area contributed by atoms with Crippen molar-refractivity contribution in [3.8, 4) is 11.5 Å². The van der Waals surface area contributed by atoms with Crippen LogP contribution in [-0.2, 0) is 25.5 Å². The van der Waals surface area contributed by atoms with Gasteiger partial charge in [-0.15, -0.1) is 0 Å². The SMILES string of the molecule is CI.COC(=O)Cc1ccc2cc(OC)ccc2c1.[2H]C([2H])([2H])C(C(=O)OC)c1ccc2cc(OC)ccc2c1. The van der Waals surface area contributed by atoms with Crippen molar-refractivity contribution in [2.24, 2.45) is 0 Å². The minimum atomic E-state index is -2.45. The van der Waals surface area contributed by atoms with E-state index in [1.807, 2.05) is 53.5 Å². The number of methoxy groups -OCH3 is 4. The molecule has 6 nitrogen and oxygen atoms in total. The zero-order valence-corrected chi connectivity index (χ0v) is 23.7. The first-order valence-corrected chi connectivity index (χ1v) is 13.4. The van der Waals surface area contributed by atoms with E-state index in [0.29, 0.717) is 12.0 Å². The van der Waals surface area contributed by atoms with Gasteiger partial charge in [-0.25, -0.2) is 0 Å². The molecule has 0 aliphatic carbocycles. The Labute approximate surface area is 236 Å². The highest BCUT2D eigenvalue weighted by Crippen LogP contribution is 2.26. The Bertz CT molecular complexity index is 1440. The molecule has 4 rings (SSSR count). The Hall–Kier alpha value is -3.33. The van der Waals surface area contributed by atoms with E-state index in [2.05, 4.69) is 32.1 Å². The smallest absolute Gasteiger partial charge is 0.312 e. The third-order valence-electron chi connectivity index (χ3n) is 5.53. The van der Waals surface area contributed by atoms with Gasteiger partial charge < -0.3 is 18.9 Å². The number of hydrogen-bond donors (Lipinski definition) is 0. The molecule has 0 saturated carbocycles. The van der Waals surface area contributed by atoms with Gasteiger partial charge in [0.15, 0.2) is 0 Å². The fraction of sp³-hybridized carbons (Fsp3) is 0.267. The van der Waals surface area contributed by atoms with E-state index in [-0.39, 0.29) is 5.97 Å². The van der Waals surface area contributed by atoms with Gasteiger partial charge in [-0.3, -0.25) is 9.59 Å². The molecule has 37 heavy (non-hydrogen) atoms. The van der Waals surface area contributed by atoms with Crippen LogP contribution in [0.3, 0.4) is 0 Å². The lowest BCUT2D eigenvalue weighted by Gasteiger charge is -2.10. The number of carbonyl (C=O) groups is 2. The molecule has 1 unspecified atom stereocenters. The lowest BCUT2D eigenvalue weighted by Crippen LogP contribution is -2.10. The van der Waals surface area contributed by atoms with Gasteiger partial charge in [0.2, 0.25) is 0 Å². The Morgan fingerprint density at radius 2 is 1.24 bits per heavy atom. The summed E-state index contributed by atoms with van der Waals surface area (Å²) in [5.74, 6) is -0.719. The second kappa shape index (κ2) is 15.0. The second-order valence-corrected chi connectivity index (χ2v) is 7.73. The van der Waals surface area contributed by atoms with E-state index < -0.39 is 18.7 Å². The molecule has 0 aliphatic rings. The van der Waals surface area contributed by atoms with Crippen LogP contribution in [0.2, 0.25) is 0 Å². The fourth-order valence-electron chi connectivity index (χ4n) is 3.55. The predicted octanol–water partition coefficient (Wildman–Crippen LogP) is 6.74. The van der Waals surface area contributed by atoms with Crippen LogP contribution in [-0.4, -0.2) is 45.3 Å². The number of fused-ring (bicyclic) bond motifs is 2. The third-order valence-corrected chi connectivity index (χ3v) is 5.53. The average Bonchev–Trinajstić information content (AvgIpc) is 2.97. The van der Waals surface area contributed by atoms with Crippen molar-refractivity contribution in [2.75, 3.05) is 33.4 Å². The molecule has 4 aromatic carbocycles. The summed E-state index contributed by atoms with van der Waals surface area (Å²) in [6.45, 7) is -2.45. The van der Waals surface area contributed by atoms with Crippen LogP contribution in [0.25, 0.3) is 21.5 Å². The van der Waals surface area contributed by atoms with E-state index in [9.17, 15) is 9.59 Å². The van der Waals surface area contributed by atoms with Gasteiger partial charge >= 0.3 is 11.9 Å². The molecular weight excluding hydrogens is 583 g/mol. The number of halogens is 1. The average molecular weight is 620 g/mol. The quantitative estimate of drug-likeness (QED) is 0.135. The number of alkyl halides is 1. The minimum absolute atomic E-state index is 0.224. The Morgan fingerprint density at radius 1 is 0.730 bits per heavy atom. The highest BCUT2D eigenvalue weighted by molar-refractivity contribution is 14.1. The summed E-state index contributed by atoms with van der Waals surface area (Å²) in [4.78, 5) is 24.9. The van der Waals surface area contributed by atoms with Crippen LogP contribution in [0.5, 0.6) is 11.5 Å². The molecule has 0 radical (unpaired) electrons. The molecule has 7 heteroatoms. The molecular formula is C30H33IO6. The van der Waals surface area contributed by atoms with Gasteiger partial charge in [0.1, 0.15) is 11.5 Å². The van der Waals surface area contributed by atoms with Crippen LogP contribution >= 0.6 is 22.6 Å². The van der Waals surface area contributed by atoms with Crippen molar-refractivity contribution in [1.29, 1.82) is 0 Å². The molecule has 0 saturated heterocycles. The topological polar surface area (TPSA) is 71.1 Å². The lowest BCUT2D eigenvalue weighted by molar-refractivity contribution is -0.142. The minimum Gasteiger partial charge on any atom is -0.497 e. The monoisotopic (exact) mass is 619 g/mol. The Morgan fingerprint density at radius 3 is 1.76 bits per heavy atom. The van der Waals surface area contributed by atoms with Crippen LogP contribution in [0, 0.1) is 0 Å². The fourth-order valence-corrected chi connectivity index (χ4v) is 3.55. The van der Waals surface area contributed by atoms with Crippen molar-refractivity contribution in [1.82, 2.24) is 0 Å². The largest absolute Gasteiger partial charge is 0.497 e. The highest BCUT2D eigenvalue weighted by Gasteiger charge is 2.15. The molecule has 0 amide bonds. The molecule has 0 spiro atoms. The first kappa shape index (κ1) is 25.3. The maximum Gasteiger partial charge on any atom is 0.312 e. The van der Waals surface area contributed by atoms with E-state index in [4.69, 9.17) is 13.6 Å². The van der Waals surface area contributed by atoms with Crippen LogP contribution in [0.4, 0.5) is 0 Å². The van der Waals surface area contributed by atoms with E-state index in [1.54, 1.807) is 38.5 Å². The summed E-state index contributed by atoms with van der Waals surface area (Å²) < 4.78 is 42.2. The molecule has 0 heterocycles. The second-order valence-electron chi connectivity index (χ2n) is 7.73. The molecule has 0 aliphatic heterocycles. The number of esters is 2. The van der Waals surface area contributed by atoms with Gasteiger partial charge in [-0.05, 0) is 68.7 Å². The predicted molar refractivity (Wildman–Crippen MR) is 157 cm³/mol. The number of ether oxygens (including phenoxy) is 4. The van der Waals surface area contributed by atoms with Gasteiger partial charge in [0, 0.05) is 4.11 Å². The number of carbonyl (C=O) groups excluding carboxylic acids is 2. The van der Waals surface area contributed by atoms with Crippen molar-refractivity contribution >= 4 is 56.1 Å². The lowest BCUT2D eigenvalue weighted by atomic mass is 9.98. The normalized spacial score (nSPS) is 12.3. The number of benzene rings is 4. The Balaban J connectivity index is 0.000000269. The van der Waals surface area contributed by atoms with E-state index >= 15 is 0 Å².